The van der Waals surface area contributed by atoms with Gasteiger partial charge in [-0.3, -0.25) is 0 Å². The Balaban J connectivity index is 1.85. The summed E-state index contributed by atoms with van der Waals surface area (Å²) in [5.74, 6) is 1.40. The predicted octanol–water partition coefficient (Wildman–Crippen LogP) is 4.50. The Labute approximate surface area is 151 Å². The third-order valence-electron chi connectivity index (χ3n) is 4.45. The van der Waals surface area contributed by atoms with Crippen LogP contribution in [0.1, 0.15) is 0 Å². The number of rotatable bonds is 4. The Hall–Kier alpha value is -3.47. The average molecular weight is 345 g/mol. The van der Waals surface area contributed by atoms with Crippen LogP contribution in [0.2, 0.25) is 0 Å². The number of methoxy groups -OCH3 is 2. The maximum atomic E-state index is 5.92. The van der Waals surface area contributed by atoms with E-state index in [0.717, 1.165) is 39.0 Å². The summed E-state index contributed by atoms with van der Waals surface area (Å²) < 4.78 is 10.8. The Bertz CT molecular complexity index is 1090. The van der Waals surface area contributed by atoms with Gasteiger partial charge >= 0.3 is 0 Å². The van der Waals surface area contributed by atoms with Crippen molar-refractivity contribution in [3.8, 4) is 33.8 Å². The average Bonchev–Trinajstić information content (AvgIpc) is 3.10. The van der Waals surface area contributed by atoms with Crippen molar-refractivity contribution in [3.05, 3.63) is 60.9 Å². The summed E-state index contributed by atoms with van der Waals surface area (Å²) in [6.45, 7) is 0. The van der Waals surface area contributed by atoms with Crippen molar-refractivity contribution in [3.63, 3.8) is 0 Å². The standard InChI is InChI=1S/C21H19N3O2/c1-25-19-7-6-14(10-20(19)26-2)18-12-24-21-17(18)9-15(11-23-21)13-4-3-5-16(22)8-13/h3-12H,22H2,1-2H3,(H,23,24). The lowest BCUT2D eigenvalue weighted by Crippen LogP contribution is -1.90. The Morgan fingerprint density at radius 2 is 1.73 bits per heavy atom. The Kier molecular flexibility index (Phi) is 3.97. The molecule has 2 aromatic carbocycles. The first-order valence-electron chi connectivity index (χ1n) is 8.25. The number of hydrogen-bond donors (Lipinski definition) is 2. The molecule has 0 saturated heterocycles. The maximum Gasteiger partial charge on any atom is 0.161 e. The molecule has 2 heterocycles. The second-order valence-electron chi connectivity index (χ2n) is 6.02. The minimum atomic E-state index is 0.694. The molecule has 0 fully saturated rings. The van der Waals surface area contributed by atoms with Gasteiger partial charge in [-0.25, -0.2) is 4.98 Å². The van der Waals surface area contributed by atoms with Gasteiger partial charge in [-0.1, -0.05) is 18.2 Å². The quantitative estimate of drug-likeness (QED) is 0.534. The molecular formula is C21H19N3O2. The Morgan fingerprint density at radius 3 is 2.50 bits per heavy atom. The van der Waals surface area contributed by atoms with Crippen LogP contribution >= 0.6 is 0 Å². The SMILES string of the molecule is COc1ccc(-c2c[nH]c3ncc(-c4cccc(N)c4)cc23)cc1OC. The zero-order valence-electron chi connectivity index (χ0n) is 14.6. The van der Waals surface area contributed by atoms with E-state index in [1.807, 2.05) is 54.9 Å². The van der Waals surface area contributed by atoms with E-state index in [1.54, 1.807) is 14.2 Å². The van der Waals surface area contributed by atoms with Gasteiger partial charge in [-0.05, 0) is 41.5 Å². The second kappa shape index (κ2) is 6.44. The van der Waals surface area contributed by atoms with Gasteiger partial charge in [0.25, 0.3) is 0 Å². The molecule has 0 atom stereocenters. The van der Waals surface area contributed by atoms with Gasteiger partial charge in [0.05, 0.1) is 14.2 Å². The predicted molar refractivity (Wildman–Crippen MR) is 104 cm³/mol. The highest BCUT2D eigenvalue weighted by Crippen LogP contribution is 2.36. The third-order valence-corrected chi connectivity index (χ3v) is 4.45. The van der Waals surface area contributed by atoms with Crippen LogP contribution in [-0.2, 0) is 0 Å². The lowest BCUT2D eigenvalue weighted by molar-refractivity contribution is 0.355. The number of pyridine rings is 1. The number of benzene rings is 2. The van der Waals surface area contributed by atoms with Gasteiger partial charge < -0.3 is 20.2 Å². The molecule has 0 bridgehead atoms. The third kappa shape index (κ3) is 2.73. The molecule has 5 heteroatoms. The van der Waals surface area contributed by atoms with Crippen LogP contribution in [-0.4, -0.2) is 24.2 Å². The molecule has 5 nitrogen and oxygen atoms in total. The molecule has 4 aromatic rings. The molecule has 4 rings (SSSR count). The van der Waals surface area contributed by atoms with E-state index in [2.05, 4.69) is 16.0 Å². The second-order valence-corrected chi connectivity index (χ2v) is 6.02. The molecule has 130 valence electrons. The van der Waals surface area contributed by atoms with Gasteiger partial charge in [0.15, 0.2) is 11.5 Å². The molecule has 0 aliphatic heterocycles. The summed E-state index contributed by atoms with van der Waals surface area (Å²) in [6, 6.07) is 15.8. The maximum absolute atomic E-state index is 5.92. The minimum absolute atomic E-state index is 0.694. The van der Waals surface area contributed by atoms with Crippen molar-refractivity contribution in [1.82, 2.24) is 9.97 Å². The summed E-state index contributed by atoms with van der Waals surface area (Å²) in [5, 5.41) is 1.04. The van der Waals surface area contributed by atoms with Crippen molar-refractivity contribution in [1.29, 1.82) is 0 Å². The number of nitrogens with zero attached hydrogens (tertiary/aromatic N) is 1. The molecular weight excluding hydrogens is 326 g/mol. The smallest absolute Gasteiger partial charge is 0.161 e. The van der Waals surface area contributed by atoms with Crippen molar-refractivity contribution < 1.29 is 9.47 Å². The zero-order chi connectivity index (χ0) is 18.1. The van der Waals surface area contributed by atoms with Crippen LogP contribution < -0.4 is 15.2 Å². The Morgan fingerprint density at radius 1 is 0.885 bits per heavy atom. The summed E-state index contributed by atoms with van der Waals surface area (Å²) in [6.07, 6.45) is 3.81. The number of anilines is 1. The zero-order valence-corrected chi connectivity index (χ0v) is 14.6. The van der Waals surface area contributed by atoms with E-state index in [0.29, 0.717) is 11.5 Å². The van der Waals surface area contributed by atoms with Crippen molar-refractivity contribution >= 4 is 16.7 Å². The van der Waals surface area contributed by atoms with Crippen molar-refractivity contribution in [2.24, 2.45) is 0 Å². The first-order chi connectivity index (χ1) is 12.7. The van der Waals surface area contributed by atoms with E-state index in [1.165, 1.54) is 0 Å². The van der Waals surface area contributed by atoms with E-state index < -0.39 is 0 Å². The number of hydrogen-bond acceptors (Lipinski definition) is 4. The van der Waals surface area contributed by atoms with E-state index in [9.17, 15) is 0 Å². The number of aromatic nitrogens is 2. The fraction of sp³-hybridized carbons (Fsp3) is 0.0952. The summed E-state index contributed by atoms with van der Waals surface area (Å²) >= 11 is 0. The number of aromatic amines is 1. The lowest BCUT2D eigenvalue weighted by Gasteiger charge is -2.09. The number of nitrogens with two attached hydrogens (primary N) is 1. The molecule has 2 aromatic heterocycles. The summed E-state index contributed by atoms with van der Waals surface area (Å²) in [4.78, 5) is 7.79. The summed E-state index contributed by atoms with van der Waals surface area (Å²) in [7, 11) is 3.27. The number of ether oxygens (including phenoxy) is 2. The molecule has 3 N–H and O–H groups in total. The number of H-pyrrole nitrogens is 1. The molecule has 0 aliphatic carbocycles. The topological polar surface area (TPSA) is 73.2 Å². The minimum Gasteiger partial charge on any atom is -0.493 e. The van der Waals surface area contributed by atoms with Crippen molar-refractivity contribution in [2.75, 3.05) is 20.0 Å². The van der Waals surface area contributed by atoms with Gasteiger partial charge in [-0.2, -0.15) is 0 Å². The van der Waals surface area contributed by atoms with Crippen LogP contribution in [0.3, 0.4) is 0 Å². The van der Waals surface area contributed by atoms with Crippen LogP contribution in [0.5, 0.6) is 11.5 Å². The van der Waals surface area contributed by atoms with Gasteiger partial charge in [0.2, 0.25) is 0 Å². The van der Waals surface area contributed by atoms with Gasteiger partial charge in [0.1, 0.15) is 5.65 Å². The molecule has 0 unspecified atom stereocenters. The van der Waals surface area contributed by atoms with Crippen LogP contribution in [0.15, 0.2) is 60.9 Å². The highest BCUT2D eigenvalue weighted by atomic mass is 16.5. The van der Waals surface area contributed by atoms with Crippen LogP contribution in [0.25, 0.3) is 33.3 Å². The molecule has 26 heavy (non-hydrogen) atoms. The van der Waals surface area contributed by atoms with Gasteiger partial charge in [0, 0.05) is 34.6 Å². The van der Waals surface area contributed by atoms with Gasteiger partial charge in [-0.15, -0.1) is 0 Å². The van der Waals surface area contributed by atoms with Crippen LogP contribution in [0, 0.1) is 0 Å². The number of nitrogen functional groups attached to an aromatic ring is 1. The number of fused-ring (bicyclic) bond motifs is 1. The molecule has 0 amide bonds. The first kappa shape index (κ1) is 16.0. The van der Waals surface area contributed by atoms with Crippen LogP contribution in [0.4, 0.5) is 5.69 Å². The summed E-state index contributed by atoms with van der Waals surface area (Å²) in [5.41, 5.74) is 11.6. The highest BCUT2D eigenvalue weighted by Gasteiger charge is 2.12. The highest BCUT2D eigenvalue weighted by molar-refractivity contribution is 5.96. The van der Waals surface area contributed by atoms with E-state index >= 15 is 0 Å². The molecule has 0 spiro atoms. The molecule has 0 aliphatic rings. The molecule has 0 saturated carbocycles. The monoisotopic (exact) mass is 345 g/mol. The van der Waals surface area contributed by atoms with E-state index in [-0.39, 0.29) is 0 Å². The fourth-order valence-electron chi connectivity index (χ4n) is 3.12. The largest absolute Gasteiger partial charge is 0.493 e. The first-order valence-corrected chi connectivity index (χ1v) is 8.25. The fourth-order valence-corrected chi connectivity index (χ4v) is 3.12. The normalized spacial score (nSPS) is 10.8. The lowest BCUT2D eigenvalue weighted by atomic mass is 10.0. The van der Waals surface area contributed by atoms with E-state index in [4.69, 9.17) is 15.2 Å². The molecule has 0 radical (unpaired) electrons. The van der Waals surface area contributed by atoms with Crippen molar-refractivity contribution in [2.45, 2.75) is 0 Å². The number of nitrogens with one attached hydrogen (secondary N) is 1.